The zero-order valence-corrected chi connectivity index (χ0v) is 10.5. The third-order valence-electron chi connectivity index (χ3n) is 4.30. The number of nitrogens with one attached hydrogen (secondary N) is 1. The summed E-state index contributed by atoms with van der Waals surface area (Å²) in [5, 5.41) is 0. The third-order valence-corrected chi connectivity index (χ3v) is 4.30. The molecule has 1 aromatic rings. The molecule has 2 aliphatic rings. The minimum Gasteiger partial charge on any atom is -0.375 e. The van der Waals surface area contributed by atoms with Crippen molar-refractivity contribution in [3.63, 3.8) is 0 Å². The molecule has 3 nitrogen and oxygen atoms in total. The van der Waals surface area contributed by atoms with Gasteiger partial charge in [-0.25, -0.2) is 4.39 Å². The van der Waals surface area contributed by atoms with Crippen LogP contribution in [0.25, 0.3) is 0 Å². The summed E-state index contributed by atoms with van der Waals surface area (Å²) in [5.74, 6) is 5.94. The largest absolute Gasteiger partial charge is 0.375 e. The van der Waals surface area contributed by atoms with Crippen LogP contribution in [0.4, 0.5) is 4.39 Å². The number of halogens is 1. The number of rotatable bonds is 3. The minimum atomic E-state index is -0.168. The van der Waals surface area contributed by atoms with Crippen LogP contribution in [0.15, 0.2) is 18.2 Å². The zero-order chi connectivity index (χ0) is 12.7. The predicted octanol–water partition coefficient (Wildman–Crippen LogP) is 2.21. The van der Waals surface area contributed by atoms with E-state index in [0.717, 1.165) is 18.4 Å². The van der Waals surface area contributed by atoms with E-state index < -0.39 is 0 Å². The first-order valence-electron chi connectivity index (χ1n) is 6.56. The van der Waals surface area contributed by atoms with Crippen molar-refractivity contribution < 1.29 is 9.13 Å². The first-order chi connectivity index (χ1) is 8.69. The fraction of sp³-hybridized carbons (Fsp3) is 0.571. The molecule has 2 heterocycles. The summed E-state index contributed by atoms with van der Waals surface area (Å²) in [6, 6.07) is 5.27. The van der Waals surface area contributed by atoms with Crippen LogP contribution in [0.3, 0.4) is 0 Å². The van der Waals surface area contributed by atoms with Crippen molar-refractivity contribution in [3.05, 3.63) is 35.1 Å². The molecule has 3 rings (SSSR count). The summed E-state index contributed by atoms with van der Waals surface area (Å²) in [6.07, 6.45) is 4.05. The van der Waals surface area contributed by atoms with Gasteiger partial charge < -0.3 is 4.74 Å². The van der Waals surface area contributed by atoms with Gasteiger partial charge in [-0.3, -0.25) is 11.3 Å². The van der Waals surface area contributed by atoms with E-state index in [0.29, 0.717) is 23.7 Å². The molecule has 3 N–H and O–H groups in total. The standard InChI is InChI=1S/C14H19FN2O/c1-8-6-9(2-4-12(8)15)14(17-16)11-7-10-3-5-13(11)18-10/h2,4,6,10-11,13-14,17H,3,5,7,16H2,1H3. The second kappa shape index (κ2) is 4.61. The van der Waals surface area contributed by atoms with Crippen LogP contribution in [-0.2, 0) is 4.74 Å². The second-order valence-electron chi connectivity index (χ2n) is 5.43. The Morgan fingerprint density at radius 1 is 1.44 bits per heavy atom. The van der Waals surface area contributed by atoms with Crippen LogP contribution in [-0.4, -0.2) is 12.2 Å². The maximum atomic E-state index is 13.3. The topological polar surface area (TPSA) is 47.3 Å². The molecule has 0 spiro atoms. The Hall–Kier alpha value is -0.970. The third kappa shape index (κ3) is 1.94. The molecule has 0 radical (unpaired) electrons. The highest BCUT2D eigenvalue weighted by molar-refractivity contribution is 5.27. The quantitative estimate of drug-likeness (QED) is 0.638. The van der Waals surface area contributed by atoms with E-state index in [9.17, 15) is 4.39 Å². The lowest BCUT2D eigenvalue weighted by atomic mass is 9.81. The van der Waals surface area contributed by atoms with Crippen molar-refractivity contribution in [2.45, 2.75) is 44.4 Å². The van der Waals surface area contributed by atoms with Crippen molar-refractivity contribution in [2.75, 3.05) is 0 Å². The van der Waals surface area contributed by atoms with Gasteiger partial charge in [0.1, 0.15) is 5.82 Å². The van der Waals surface area contributed by atoms with Gasteiger partial charge in [0.25, 0.3) is 0 Å². The summed E-state index contributed by atoms with van der Waals surface area (Å²) < 4.78 is 19.2. The van der Waals surface area contributed by atoms with Gasteiger partial charge in [0.05, 0.1) is 18.2 Å². The van der Waals surface area contributed by atoms with Crippen LogP contribution < -0.4 is 11.3 Å². The van der Waals surface area contributed by atoms with E-state index in [4.69, 9.17) is 10.6 Å². The van der Waals surface area contributed by atoms with Crippen molar-refractivity contribution in [1.82, 2.24) is 5.43 Å². The number of aryl methyl sites for hydroxylation is 1. The normalized spacial score (nSPS) is 31.8. The van der Waals surface area contributed by atoms with Crippen molar-refractivity contribution >= 4 is 0 Å². The number of hydrogen-bond donors (Lipinski definition) is 2. The molecular weight excluding hydrogens is 231 g/mol. The molecule has 0 saturated carbocycles. The summed E-state index contributed by atoms with van der Waals surface area (Å²) >= 11 is 0. The van der Waals surface area contributed by atoms with Crippen molar-refractivity contribution in [3.8, 4) is 0 Å². The van der Waals surface area contributed by atoms with Crippen molar-refractivity contribution in [2.24, 2.45) is 11.8 Å². The fourth-order valence-electron chi connectivity index (χ4n) is 3.36. The molecule has 2 bridgehead atoms. The lowest BCUT2D eigenvalue weighted by Crippen LogP contribution is -2.37. The van der Waals surface area contributed by atoms with Gasteiger partial charge in [-0.15, -0.1) is 0 Å². The number of hydrazine groups is 1. The molecule has 98 valence electrons. The number of nitrogens with two attached hydrogens (primary N) is 1. The Balaban J connectivity index is 1.85. The molecule has 0 aliphatic carbocycles. The maximum absolute atomic E-state index is 13.3. The second-order valence-corrected chi connectivity index (χ2v) is 5.43. The minimum absolute atomic E-state index is 0.0552. The Kier molecular flexibility index (Phi) is 3.09. The maximum Gasteiger partial charge on any atom is 0.126 e. The van der Waals surface area contributed by atoms with E-state index in [-0.39, 0.29) is 11.9 Å². The lowest BCUT2D eigenvalue weighted by molar-refractivity contribution is 0.0856. The van der Waals surface area contributed by atoms with Gasteiger partial charge in [-0.05, 0) is 43.4 Å². The molecule has 0 aromatic heterocycles. The van der Waals surface area contributed by atoms with E-state index in [1.165, 1.54) is 12.5 Å². The molecular formula is C14H19FN2O. The summed E-state index contributed by atoms with van der Waals surface area (Å²) in [4.78, 5) is 0. The molecule has 2 fully saturated rings. The van der Waals surface area contributed by atoms with Crippen LogP contribution in [0.1, 0.15) is 36.4 Å². The monoisotopic (exact) mass is 250 g/mol. The van der Waals surface area contributed by atoms with Crippen LogP contribution in [0.2, 0.25) is 0 Å². The van der Waals surface area contributed by atoms with Gasteiger partial charge in [-0.1, -0.05) is 12.1 Å². The average molecular weight is 250 g/mol. The Labute approximate surface area is 106 Å². The van der Waals surface area contributed by atoms with Gasteiger partial charge in [0, 0.05) is 5.92 Å². The van der Waals surface area contributed by atoms with Gasteiger partial charge >= 0.3 is 0 Å². The van der Waals surface area contributed by atoms with E-state index in [2.05, 4.69) is 5.43 Å². The average Bonchev–Trinajstić information content (AvgIpc) is 2.97. The van der Waals surface area contributed by atoms with Crippen molar-refractivity contribution in [1.29, 1.82) is 0 Å². The molecule has 2 aliphatic heterocycles. The molecule has 4 atom stereocenters. The Bertz CT molecular complexity index is 451. The smallest absolute Gasteiger partial charge is 0.126 e. The van der Waals surface area contributed by atoms with Crippen LogP contribution in [0.5, 0.6) is 0 Å². The van der Waals surface area contributed by atoms with Crippen LogP contribution >= 0.6 is 0 Å². The predicted molar refractivity (Wildman–Crippen MR) is 67.2 cm³/mol. The molecule has 4 heteroatoms. The lowest BCUT2D eigenvalue weighted by Gasteiger charge is -2.28. The Morgan fingerprint density at radius 3 is 2.83 bits per heavy atom. The summed E-state index contributed by atoms with van der Waals surface area (Å²) in [7, 11) is 0. The molecule has 0 amide bonds. The molecule has 1 aromatic carbocycles. The summed E-state index contributed by atoms with van der Waals surface area (Å²) in [5.41, 5.74) is 4.61. The summed E-state index contributed by atoms with van der Waals surface area (Å²) in [6.45, 7) is 1.78. The Morgan fingerprint density at radius 2 is 2.28 bits per heavy atom. The van der Waals surface area contributed by atoms with Gasteiger partial charge in [0.2, 0.25) is 0 Å². The van der Waals surface area contributed by atoms with E-state index in [1.54, 1.807) is 6.92 Å². The van der Waals surface area contributed by atoms with Crippen LogP contribution in [0, 0.1) is 18.7 Å². The molecule has 2 saturated heterocycles. The van der Waals surface area contributed by atoms with E-state index >= 15 is 0 Å². The number of benzene rings is 1. The zero-order valence-electron chi connectivity index (χ0n) is 10.5. The van der Waals surface area contributed by atoms with E-state index in [1.807, 2.05) is 12.1 Å². The van der Waals surface area contributed by atoms with Gasteiger partial charge in [-0.2, -0.15) is 0 Å². The highest BCUT2D eigenvalue weighted by Gasteiger charge is 2.44. The number of hydrogen-bond acceptors (Lipinski definition) is 3. The highest BCUT2D eigenvalue weighted by atomic mass is 19.1. The number of fused-ring (bicyclic) bond motifs is 2. The molecule has 4 unspecified atom stereocenters. The molecule has 18 heavy (non-hydrogen) atoms. The first-order valence-corrected chi connectivity index (χ1v) is 6.56. The highest BCUT2D eigenvalue weighted by Crippen LogP contribution is 2.44. The van der Waals surface area contributed by atoms with Gasteiger partial charge in [0.15, 0.2) is 0 Å². The number of ether oxygens (including phenoxy) is 1. The first kappa shape index (κ1) is 12.1. The SMILES string of the molecule is Cc1cc(C(NN)C2CC3CCC2O3)ccc1F. The fourth-order valence-corrected chi connectivity index (χ4v) is 3.36.